The van der Waals surface area contributed by atoms with Crippen LogP contribution in [0.25, 0.3) is 0 Å². The van der Waals surface area contributed by atoms with E-state index in [1.807, 2.05) is 13.8 Å². The van der Waals surface area contributed by atoms with E-state index in [9.17, 15) is 0 Å². The predicted molar refractivity (Wildman–Crippen MR) is 36.5 cm³/mol. The van der Waals surface area contributed by atoms with Crippen LogP contribution in [0.5, 0.6) is 0 Å². The van der Waals surface area contributed by atoms with Gasteiger partial charge in [-0.1, -0.05) is 11.6 Å². The lowest BCUT2D eigenvalue weighted by molar-refractivity contribution is 0.962. The average molecular weight is 143 g/mol. The highest BCUT2D eigenvalue weighted by Gasteiger charge is 1.93. The molecule has 0 atom stereocenters. The fourth-order valence-electron chi connectivity index (χ4n) is 0.514. The van der Waals surface area contributed by atoms with Gasteiger partial charge in [0.1, 0.15) is 0 Å². The van der Waals surface area contributed by atoms with Crippen molar-refractivity contribution < 1.29 is 0 Å². The maximum atomic E-state index is 5.54. The summed E-state index contributed by atoms with van der Waals surface area (Å²) in [5.74, 6) is 0. The van der Waals surface area contributed by atoms with Gasteiger partial charge in [-0.2, -0.15) is 5.10 Å². The van der Waals surface area contributed by atoms with Gasteiger partial charge in [-0.25, -0.2) is 0 Å². The Morgan fingerprint density at radius 3 is 2.44 bits per heavy atom. The Morgan fingerprint density at radius 1 is 1.33 bits per heavy atom. The van der Waals surface area contributed by atoms with Crippen molar-refractivity contribution in [2.75, 3.05) is 0 Å². The molecule has 0 aliphatic rings. The fourth-order valence-corrected chi connectivity index (χ4v) is 0.715. The van der Waals surface area contributed by atoms with Crippen LogP contribution in [0.1, 0.15) is 11.3 Å². The van der Waals surface area contributed by atoms with Gasteiger partial charge in [-0.3, -0.25) is 0 Å². The Kier molecular flexibility index (Phi) is 1.67. The second-order valence-electron chi connectivity index (χ2n) is 1.94. The maximum Gasteiger partial charge on any atom is 0.151 e. The summed E-state index contributed by atoms with van der Waals surface area (Å²) in [6.07, 6.45) is 0. The quantitative estimate of drug-likeness (QED) is 0.552. The van der Waals surface area contributed by atoms with Gasteiger partial charge in [0.2, 0.25) is 0 Å². The van der Waals surface area contributed by atoms with Gasteiger partial charge in [0, 0.05) is 0 Å². The van der Waals surface area contributed by atoms with E-state index in [1.165, 1.54) is 0 Å². The van der Waals surface area contributed by atoms with Gasteiger partial charge >= 0.3 is 0 Å². The van der Waals surface area contributed by atoms with Crippen LogP contribution in [0.3, 0.4) is 0 Å². The lowest BCUT2D eigenvalue weighted by Gasteiger charge is -1.94. The van der Waals surface area contributed by atoms with Crippen LogP contribution in [0.4, 0.5) is 0 Å². The third-order valence-electron chi connectivity index (χ3n) is 1.20. The molecule has 0 spiro atoms. The van der Waals surface area contributed by atoms with Crippen molar-refractivity contribution >= 4 is 11.6 Å². The van der Waals surface area contributed by atoms with Gasteiger partial charge in [0.05, 0.1) is 5.69 Å². The first-order valence-electron chi connectivity index (χ1n) is 2.66. The molecule has 0 fully saturated rings. The van der Waals surface area contributed by atoms with Crippen LogP contribution in [0.2, 0.25) is 5.15 Å². The Labute approximate surface area is 58.9 Å². The molecule has 0 aliphatic carbocycles. The van der Waals surface area contributed by atoms with E-state index < -0.39 is 0 Å². The largest absolute Gasteiger partial charge is 0.154 e. The maximum absolute atomic E-state index is 5.54. The fraction of sp³-hybridized carbons (Fsp3) is 0.333. The normalized spacial score (nSPS) is 9.67. The molecule has 0 saturated carbocycles. The number of rotatable bonds is 0. The molecule has 1 aromatic heterocycles. The first-order valence-corrected chi connectivity index (χ1v) is 3.04. The van der Waals surface area contributed by atoms with Crippen molar-refractivity contribution in [3.8, 4) is 0 Å². The van der Waals surface area contributed by atoms with Gasteiger partial charge in [0.25, 0.3) is 0 Å². The van der Waals surface area contributed by atoms with E-state index in [0.29, 0.717) is 5.15 Å². The van der Waals surface area contributed by atoms with Crippen molar-refractivity contribution in [1.82, 2.24) is 10.2 Å². The minimum absolute atomic E-state index is 0.457. The number of nitrogens with zero attached hydrogens (tertiary/aromatic N) is 2. The van der Waals surface area contributed by atoms with E-state index in [0.717, 1.165) is 11.3 Å². The molecule has 48 valence electrons. The lowest BCUT2D eigenvalue weighted by atomic mass is 10.3. The Hall–Kier alpha value is -0.630. The minimum atomic E-state index is 0.457. The number of aromatic nitrogens is 2. The number of aryl methyl sites for hydroxylation is 2. The minimum Gasteiger partial charge on any atom is -0.154 e. The highest BCUT2D eigenvalue weighted by atomic mass is 35.5. The summed E-state index contributed by atoms with van der Waals surface area (Å²) in [5, 5.41) is 7.91. The molecule has 0 unspecified atom stereocenters. The zero-order valence-electron chi connectivity index (χ0n) is 5.35. The summed E-state index contributed by atoms with van der Waals surface area (Å²) < 4.78 is 0. The molecular formula is C6H7ClN2. The summed E-state index contributed by atoms with van der Waals surface area (Å²) in [6.45, 7) is 3.86. The first kappa shape index (κ1) is 6.49. The van der Waals surface area contributed by atoms with Crippen molar-refractivity contribution in [3.63, 3.8) is 0 Å². The van der Waals surface area contributed by atoms with Gasteiger partial charge in [-0.15, -0.1) is 5.10 Å². The van der Waals surface area contributed by atoms with Crippen molar-refractivity contribution in [3.05, 3.63) is 22.5 Å². The molecule has 1 rings (SSSR count). The molecule has 0 N–H and O–H groups in total. The molecular weight excluding hydrogens is 136 g/mol. The van der Waals surface area contributed by atoms with Crippen LogP contribution in [-0.4, -0.2) is 10.2 Å². The Bertz CT molecular complexity index is 222. The Balaban J connectivity index is 3.17. The first-order chi connectivity index (χ1) is 4.20. The SMILES string of the molecule is Cc1cc(Cl)nnc1C. The third-order valence-corrected chi connectivity index (χ3v) is 1.39. The zero-order chi connectivity index (χ0) is 6.85. The third kappa shape index (κ3) is 1.39. The van der Waals surface area contributed by atoms with Gasteiger partial charge in [0.15, 0.2) is 5.15 Å². The standard InChI is InChI=1S/C6H7ClN2/c1-4-3-6(7)9-8-5(4)2/h3H,1-2H3. The molecule has 0 radical (unpaired) electrons. The summed E-state index contributed by atoms with van der Waals surface area (Å²) in [7, 11) is 0. The second-order valence-corrected chi connectivity index (χ2v) is 2.32. The molecule has 1 aromatic rings. The van der Waals surface area contributed by atoms with E-state index in [2.05, 4.69) is 10.2 Å². The van der Waals surface area contributed by atoms with Crippen LogP contribution in [0.15, 0.2) is 6.07 Å². The molecule has 1 heterocycles. The second kappa shape index (κ2) is 2.31. The highest BCUT2D eigenvalue weighted by Crippen LogP contribution is 2.06. The molecule has 0 saturated heterocycles. The summed E-state index contributed by atoms with van der Waals surface area (Å²) in [6, 6.07) is 1.80. The van der Waals surface area contributed by atoms with Crippen LogP contribution >= 0.6 is 11.6 Å². The predicted octanol–water partition coefficient (Wildman–Crippen LogP) is 1.75. The zero-order valence-corrected chi connectivity index (χ0v) is 6.11. The molecule has 0 aromatic carbocycles. The monoisotopic (exact) mass is 142 g/mol. The van der Waals surface area contributed by atoms with Crippen molar-refractivity contribution in [2.45, 2.75) is 13.8 Å². The molecule has 0 amide bonds. The van der Waals surface area contributed by atoms with Crippen molar-refractivity contribution in [2.24, 2.45) is 0 Å². The summed E-state index contributed by atoms with van der Waals surface area (Å²) >= 11 is 5.54. The molecule has 9 heavy (non-hydrogen) atoms. The number of hydrogen-bond acceptors (Lipinski definition) is 2. The van der Waals surface area contributed by atoms with E-state index in [4.69, 9.17) is 11.6 Å². The summed E-state index contributed by atoms with van der Waals surface area (Å²) in [4.78, 5) is 0. The smallest absolute Gasteiger partial charge is 0.151 e. The molecule has 0 bridgehead atoms. The van der Waals surface area contributed by atoms with E-state index in [-0.39, 0.29) is 0 Å². The molecule has 2 nitrogen and oxygen atoms in total. The van der Waals surface area contributed by atoms with Gasteiger partial charge in [-0.05, 0) is 25.5 Å². The van der Waals surface area contributed by atoms with E-state index >= 15 is 0 Å². The topological polar surface area (TPSA) is 25.8 Å². The van der Waals surface area contributed by atoms with Crippen LogP contribution < -0.4 is 0 Å². The van der Waals surface area contributed by atoms with Gasteiger partial charge < -0.3 is 0 Å². The van der Waals surface area contributed by atoms with Crippen molar-refractivity contribution in [1.29, 1.82) is 0 Å². The number of hydrogen-bond donors (Lipinski definition) is 0. The van der Waals surface area contributed by atoms with Crippen LogP contribution in [-0.2, 0) is 0 Å². The Morgan fingerprint density at radius 2 is 2.00 bits per heavy atom. The van der Waals surface area contributed by atoms with E-state index in [1.54, 1.807) is 6.07 Å². The molecule has 0 aliphatic heterocycles. The summed E-state index contributed by atoms with van der Waals surface area (Å²) in [5.41, 5.74) is 2.01. The average Bonchev–Trinajstić information content (AvgIpc) is 1.80. The number of halogens is 1. The highest BCUT2D eigenvalue weighted by molar-refractivity contribution is 6.29. The molecule has 3 heteroatoms. The lowest BCUT2D eigenvalue weighted by Crippen LogP contribution is -1.89. The van der Waals surface area contributed by atoms with Crippen LogP contribution in [0, 0.1) is 13.8 Å².